The second kappa shape index (κ2) is 6.63. The molecule has 2 atom stereocenters. The number of carbonyl (C=O) groups excluding carboxylic acids is 1. The van der Waals surface area contributed by atoms with Crippen LogP contribution >= 0.6 is 23.1 Å². The predicted octanol–water partition coefficient (Wildman–Crippen LogP) is 3.23. The van der Waals surface area contributed by atoms with Gasteiger partial charge in [-0.2, -0.15) is 5.26 Å². The molecule has 2 rings (SSSR count). The summed E-state index contributed by atoms with van der Waals surface area (Å²) in [6, 6.07) is 4.15. The third kappa shape index (κ3) is 3.39. The molecule has 2 heterocycles. The molecule has 0 aromatic carbocycles. The lowest BCUT2D eigenvalue weighted by atomic mass is 9.90. The number of rotatable bonds is 5. The van der Waals surface area contributed by atoms with Crippen LogP contribution in [-0.2, 0) is 4.79 Å². The van der Waals surface area contributed by atoms with Crippen LogP contribution in [0, 0.1) is 17.2 Å². The minimum absolute atomic E-state index is 0.0290. The van der Waals surface area contributed by atoms with Crippen LogP contribution in [0.4, 0.5) is 0 Å². The van der Waals surface area contributed by atoms with Crippen molar-refractivity contribution in [2.24, 2.45) is 5.92 Å². The van der Waals surface area contributed by atoms with E-state index in [0.29, 0.717) is 0 Å². The number of thioether (sulfide) groups is 1. The number of nitriles is 1. The van der Waals surface area contributed by atoms with Crippen molar-refractivity contribution in [1.29, 1.82) is 5.26 Å². The van der Waals surface area contributed by atoms with Gasteiger partial charge in [0.15, 0.2) is 0 Å². The van der Waals surface area contributed by atoms with Crippen molar-refractivity contribution >= 4 is 39.2 Å². The van der Waals surface area contributed by atoms with Crippen LogP contribution < -0.4 is 5.32 Å². The van der Waals surface area contributed by atoms with Gasteiger partial charge in [-0.15, -0.1) is 11.3 Å². The van der Waals surface area contributed by atoms with Crippen LogP contribution in [0.15, 0.2) is 22.8 Å². The van der Waals surface area contributed by atoms with E-state index < -0.39 is 5.54 Å². The van der Waals surface area contributed by atoms with Gasteiger partial charge in [0.05, 0.1) is 11.3 Å². The van der Waals surface area contributed by atoms with Crippen LogP contribution in [0.25, 0.3) is 10.2 Å². The fraction of sp³-hybridized carbons (Fsp3) is 0.467. The third-order valence-electron chi connectivity index (χ3n) is 3.65. The average molecular weight is 334 g/mol. The van der Waals surface area contributed by atoms with Crippen LogP contribution in [0.1, 0.15) is 27.7 Å². The maximum absolute atomic E-state index is 12.4. The molecule has 0 aliphatic heterocycles. The van der Waals surface area contributed by atoms with E-state index in [1.165, 1.54) is 18.1 Å². The van der Waals surface area contributed by atoms with E-state index in [1.54, 1.807) is 18.3 Å². The van der Waals surface area contributed by atoms with E-state index in [4.69, 9.17) is 0 Å². The van der Waals surface area contributed by atoms with Gasteiger partial charge >= 0.3 is 0 Å². The molecule has 0 bridgehead atoms. The maximum Gasteiger partial charge on any atom is 0.234 e. The first-order valence-corrected chi connectivity index (χ1v) is 8.71. The summed E-state index contributed by atoms with van der Waals surface area (Å²) in [7, 11) is 0. The van der Waals surface area contributed by atoms with Crippen molar-refractivity contribution in [2.75, 3.05) is 0 Å². The normalized spacial score (nSPS) is 15.3. The minimum Gasteiger partial charge on any atom is -0.337 e. The molecule has 5 nitrogen and oxygen atoms in total. The van der Waals surface area contributed by atoms with Gasteiger partial charge < -0.3 is 5.32 Å². The highest BCUT2D eigenvalue weighted by Gasteiger charge is 2.32. The van der Waals surface area contributed by atoms with Gasteiger partial charge in [-0.25, -0.2) is 9.97 Å². The van der Waals surface area contributed by atoms with Crippen LogP contribution in [-0.4, -0.2) is 26.7 Å². The Labute approximate surface area is 138 Å². The topological polar surface area (TPSA) is 78.7 Å². The summed E-state index contributed by atoms with van der Waals surface area (Å²) < 4.78 is 0. The Balaban J connectivity index is 2.12. The van der Waals surface area contributed by atoms with Gasteiger partial charge in [0.25, 0.3) is 0 Å². The molecule has 116 valence electrons. The van der Waals surface area contributed by atoms with Crippen molar-refractivity contribution in [3.05, 3.63) is 17.8 Å². The van der Waals surface area contributed by atoms with E-state index in [0.717, 1.165) is 15.2 Å². The average Bonchev–Trinajstić information content (AvgIpc) is 2.96. The van der Waals surface area contributed by atoms with E-state index in [-0.39, 0.29) is 17.1 Å². The molecule has 0 aliphatic carbocycles. The number of amides is 1. The smallest absolute Gasteiger partial charge is 0.234 e. The summed E-state index contributed by atoms with van der Waals surface area (Å²) in [5.74, 6) is -0.133. The number of hydrogen-bond acceptors (Lipinski definition) is 6. The van der Waals surface area contributed by atoms with Crippen molar-refractivity contribution in [3.63, 3.8) is 0 Å². The standard InChI is InChI=1S/C15H18N4OS2/c1-9(2)15(4,7-16)19-12(20)10(3)22-14-11-5-6-21-13(11)17-8-18-14/h5-6,8-10H,1-4H3,(H,19,20)/t10-,15-/m0/s1. The highest BCUT2D eigenvalue weighted by Crippen LogP contribution is 2.30. The summed E-state index contributed by atoms with van der Waals surface area (Å²) in [6.07, 6.45) is 1.51. The largest absolute Gasteiger partial charge is 0.337 e. The number of fused-ring (bicyclic) bond motifs is 1. The Morgan fingerprint density at radius 2 is 2.18 bits per heavy atom. The Kier molecular flexibility index (Phi) is 5.04. The van der Waals surface area contributed by atoms with Gasteiger partial charge in [0, 0.05) is 5.39 Å². The van der Waals surface area contributed by atoms with Crippen LogP contribution in [0.3, 0.4) is 0 Å². The quantitative estimate of drug-likeness (QED) is 0.671. The summed E-state index contributed by atoms with van der Waals surface area (Å²) in [5.41, 5.74) is -0.866. The monoisotopic (exact) mass is 334 g/mol. The first kappa shape index (κ1) is 16.7. The molecule has 1 N–H and O–H groups in total. The lowest BCUT2D eigenvalue weighted by molar-refractivity contribution is -0.121. The molecule has 1 amide bonds. The number of aromatic nitrogens is 2. The molecule has 0 saturated heterocycles. The highest BCUT2D eigenvalue weighted by molar-refractivity contribution is 8.00. The molecule has 0 aliphatic rings. The highest BCUT2D eigenvalue weighted by atomic mass is 32.2. The summed E-state index contributed by atoms with van der Waals surface area (Å²) in [6.45, 7) is 7.40. The number of hydrogen-bond donors (Lipinski definition) is 1. The zero-order valence-electron chi connectivity index (χ0n) is 13.0. The summed E-state index contributed by atoms with van der Waals surface area (Å²) in [4.78, 5) is 21.8. The molecule has 7 heteroatoms. The third-order valence-corrected chi connectivity index (χ3v) is 5.59. The first-order valence-electron chi connectivity index (χ1n) is 6.95. The fourth-order valence-electron chi connectivity index (χ4n) is 1.74. The van der Waals surface area contributed by atoms with E-state index in [9.17, 15) is 10.1 Å². The molecular formula is C15H18N4OS2. The number of nitrogens with zero attached hydrogens (tertiary/aromatic N) is 3. The second-order valence-electron chi connectivity index (χ2n) is 5.54. The molecule has 2 aromatic heterocycles. The molecule has 0 fully saturated rings. The molecular weight excluding hydrogens is 316 g/mol. The molecule has 0 saturated carbocycles. The number of thiophene rings is 1. The van der Waals surface area contributed by atoms with E-state index >= 15 is 0 Å². The summed E-state index contributed by atoms with van der Waals surface area (Å²) in [5, 5.41) is 15.5. The summed E-state index contributed by atoms with van der Waals surface area (Å²) >= 11 is 2.93. The fourth-order valence-corrected chi connectivity index (χ4v) is 3.44. The minimum atomic E-state index is -0.866. The second-order valence-corrected chi connectivity index (χ2v) is 7.76. The molecule has 0 spiro atoms. The van der Waals surface area contributed by atoms with Crippen LogP contribution in [0.5, 0.6) is 0 Å². The van der Waals surface area contributed by atoms with Gasteiger partial charge in [0.1, 0.15) is 21.7 Å². The molecule has 22 heavy (non-hydrogen) atoms. The zero-order valence-corrected chi connectivity index (χ0v) is 14.6. The van der Waals surface area contributed by atoms with Gasteiger partial charge in [-0.3, -0.25) is 4.79 Å². The van der Waals surface area contributed by atoms with Crippen molar-refractivity contribution in [2.45, 2.75) is 43.5 Å². The number of nitrogens with one attached hydrogen (secondary N) is 1. The Bertz CT molecular complexity index is 722. The SMILES string of the molecule is CC(C)[C@](C)(C#N)NC(=O)[C@H](C)Sc1ncnc2sccc12. The van der Waals surface area contributed by atoms with Crippen molar-refractivity contribution in [3.8, 4) is 6.07 Å². The zero-order chi connectivity index (χ0) is 16.3. The van der Waals surface area contributed by atoms with Gasteiger partial charge in [-0.05, 0) is 31.2 Å². The van der Waals surface area contributed by atoms with Crippen molar-refractivity contribution < 1.29 is 4.79 Å². The predicted molar refractivity (Wildman–Crippen MR) is 89.7 cm³/mol. The van der Waals surface area contributed by atoms with Crippen LogP contribution in [0.2, 0.25) is 0 Å². The lowest BCUT2D eigenvalue weighted by Gasteiger charge is -2.28. The Hall–Kier alpha value is -1.65. The Morgan fingerprint density at radius 1 is 1.45 bits per heavy atom. The van der Waals surface area contributed by atoms with Gasteiger partial charge in [0.2, 0.25) is 5.91 Å². The molecule has 0 radical (unpaired) electrons. The Morgan fingerprint density at radius 3 is 2.82 bits per heavy atom. The molecule has 0 unspecified atom stereocenters. The number of carbonyl (C=O) groups is 1. The van der Waals surface area contributed by atoms with E-state index in [2.05, 4.69) is 21.4 Å². The first-order chi connectivity index (χ1) is 10.4. The molecule has 2 aromatic rings. The lowest BCUT2D eigenvalue weighted by Crippen LogP contribution is -2.51. The van der Waals surface area contributed by atoms with Gasteiger partial charge in [-0.1, -0.05) is 25.6 Å². The van der Waals surface area contributed by atoms with Crippen molar-refractivity contribution in [1.82, 2.24) is 15.3 Å². The maximum atomic E-state index is 12.4. The van der Waals surface area contributed by atoms with E-state index in [1.807, 2.05) is 32.2 Å².